The summed E-state index contributed by atoms with van der Waals surface area (Å²) in [5, 5.41) is 15.2. The standard InChI is InChI=1S/C27H35N9O4S/c1-26(2,3)40-25(39)31-15-6-8-36(9-7-15)17(37)10-16-13-41-24(30-16)33-22(38)21-18-20(34-35-21)19-14(11-27(18,4)5)12-29-23(28)32-19/h12-13,15H,6-11H2,1-5H3,(H,31,39)(H,34,35)(H2,28,29,32)(H,30,33,38). The molecular weight excluding hydrogens is 546 g/mol. The van der Waals surface area contributed by atoms with Gasteiger partial charge in [0.05, 0.1) is 23.5 Å². The molecule has 0 atom stereocenters. The summed E-state index contributed by atoms with van der Waals surface area (Å²) < 4.78 is 5.32. The second-order valence-electron chi connectivity index (χ2n) is 12.1. The Balaban J connectivity index is 1.18. The molecular formula is C27H35N9O4S. The first-order valence-electron chi connectivity index (χ1n) is 13.5. The van der Waals surface area contributed by atoms with Gasteiger partial charge < -0.3 is 20.7 Å². The highest BCUT2D eigenvalue weighted by atomic mass is 32.1. The molecule has 1 fully saturated rings. The number of anilines is 2. The lowest BCUT2D eigenvalue weighted by Gasteiger charge is -2.32. The number of thiazole rings is 1. The topological polar surface area (TPSA) is 181 Å². The third kappa shape index (κ3) is 6.32. The number of nitrogens with zero attached hydrogens (tertiary/aromatic N) is 5. The van der Waals surface area contributed by atoms with E-state index >= 15 is 0 Å². The summed E-state index contributed by atoms with van der Waals surface area (Å²) in [6.45, 7) is 10.6. The SMILES string of the molecule is CC(C)(C)OC(=O)NC1CCN(C(=O)Cc2csc(NC(=O)c3n[nH]c4c3C(C)(C)Cc3cnc(N)nc3-4)n2)CC1. The maximum atomic E-state index is 13.3. The maximum absolute atomic E-state index is 13.3. The van der Waals surface area contributed by atoms with Crippen molar-refractivity contribution in [2.75, 3.05) is 24.1 Å². The molecule has 0 aromatic carbocycles. The Bertz CT molecular complexity index is 1480. The fourth-order valence-corrected chi connectivity index (χ4v) is 5.99. The Labute approximate surface area is 241 Å². The minimum absolute atomic E-state index is 0.0361. The summed E-state index contributed by atoms with van der Waals surface area (Å²) in [4.78, 5) is 52.9. The number of amides is 3. The fraction of sp³-hybridized carbons (Fsp3) is 0.519. The van der Waals surface area contributed by atoms with Crippen LogP contribution in [0.2, 0.25) is 0 Å². The van der Waals surface area contributed by atoms with Crippen LogP contribution in [0.25, 0.3) is 11.4 Å². The van der Waals surface area contributed by atoms with Gasteiger partial charge in [-0.2, -0.15) is 5.10 Å². The number of aromatic amines is 1. The summed E-state index contributed by atoms with van der Waals surface area (Å²) in [6.07, 6.45) is 3.33. The van der Waals surface area contributed by atoms with Crippen LogP contribution < -0.4 is 16.4 Å². The number of ether oxygens (including phenoxy) is 1. The number of nitrogen functional groups attached to an aromatic ring is 1. The lowest BCUT2D eigenvalue weighted by atomic mass is 9.73. The molecule has 1 saturated heterocycles. The number of nitrogens with one attached hydrogen (secondary N) is 3. The molecule has 3 aromatic heterocycles. The van der Waals surface area contributed by atoms with Crippen LogP contribution in [0.15, 0.2) is 11.6 Å². The molecule has 0 spiro atoms. The van der Waals surface area contributed by atoms with Gasteiger partial charge in [-0.1, -0.05) is 13.8 Å². The number of nitrogens with two attached hydrogens (primary N) is 1. The first-order valence-corrected chi connectivity index (χ1v) is 14.4. The van der Waals surface area contributed by atoms with E-state index in [0.717, 1.165) is 11.1 Å². The lowest BCUT2D eigenvalue weighted by Crippen LogP contribution is -2.48. The second-order valence-corrected chi connectivity index (χ2v) is 12.9. The maximum Gasteiger partial charge on any atom is 0.407 e. The summed E-state index contributed by atoms with van der Waals surface area (Å²) >= 11 is 1.25. The molecule has 2 aliphatic rings. The molecule has 0 saturated carbocycles. The van der Waals surface area contributed by atoms with Crippen molar-refractivity contribution in [3.63, 3.8) is 0 Å². The van der Waals surface area contributed by atoms with Crippen LogP contribution in [0.4, 0.5) is 15.9 Å². The number of piperidine rings is 1. The largest absolute Gasteiger partial charge is 0.444 e. The van der Waals surface area contributed by atoms with Crippen LogP contribution in [0.3, 0.4) is 0 Å². The number of hydrogen-bond acceptors (Lipinski definition) is 10. The van der Waals surface area contributed by atoms with Crippen LogP contribution in [0, 0.1) is 0 Å². The van der Waals surface area contributed by atoms with E-state index in [2.05, 4.69) is 35.8 Å². The third-order valence-electron chi connectivity index (χ3n) is 7.08. The average Bonchev–Trinajstić information content (AvgIpc) is 3.52. The second kappa shape index (κ2) is 10.7. The molecule has 0 radical (unpaired) electrons. The predicted octanol–water partition coefficient (Wildman–Crippen LogP) is 3.05. The monoisotopic (exact) mass is 581 g/mol. The van der Waals surface area contributed by atoms with Gasteiger partial charge >= 0.3 is 6.09 Å². The van der Waals surface area contributed by atoms with Crippen molar-refractivity contribution in [2.24, 2.45) is 0 Å². The Morgan fingerprint density at radius 2 is 1.95 bits per heavy atom. The Hall–Kier alpha value is -4.07. The molecule has 3 amide bonds. The van der Waals surface area contributed by atoms with Crippen molar-refractivity contribution in [2.45, 2.75) is 77.4 Å². The minimum atomic E-state index is -0.558. The zero-order valence-corrected chi connectivity index (χ0v) is 24.6. The van der Waals surface area contributed by atoms with Crippen LogP contribution in [0.1, 0.15) is 74.8 Å². The van der Waals surface area contributed by atoms with Gasteiger partial charge in [0.2, 0.25) is 11.9 Å². The highest BCUT2D eigenvalue weighted by Gasteiger charge is 2.38. The normalized spacial score (nSPS) is 16.5. The van der Waals surface area contributed by atoms with Gasteiger partial charge in [0.15, 0.2) is 10.8 Å². The van der Waals surface area contributed by atoms with Crippen LogP contribution in [-0.2, 0) is 27.8 Å². The molecule has 1 aliphatic heterocycles. The number of carbonyl (C=O) groups is 3. The lowest BCUT2D eigenvalue weighted by molar-refractivity contribution is -0.131. The molecule has 4 heterocycles. The first kappa shape index (κ1) is 28.5. The zero-order valence-electron chi connectivity index (χ0n) is 23.8. The molecule has 5 rings (SSSR count). The molecule has 5 N–H and O–H groups in total. The molecule has 0 bridgehead atoms. The first-order chi connectivity index (χ1) is 19.3. The summed E-state index contributed by atoms with van der Waals surface area (Å²) in [5.41, 5.74) is 8.71. The van der Waals surface area contributed by atoms with Gasteiger partial charge in [-0.05, 0) is 51.0 Å². The van der Waals surface area contributed by atoms with Crippen LogP contribution in [-0.4, -0.2) is 72.7 Å². The van der Waals surface area contributed by atoms with Crippen molar-refractivity contribution < 1.29 is 19.1 Å². The van der Waals surface area contributed by atoms with E-state index in [4.69, 9.17) is 10.5 Å². The molecule has 1 aliphatic carbocycles. The average molecular weight is 582 g/mol. The molecule has 3 aromatic rings. The summed E-state index contributed by atoms with van der Waals surface area (Å²) in [7, 11) is 0. The van der Waals surface area contributed by atoms with E-state index in [1.54, 1.807) is 16.5 Å². The van der Waals surface area contributed by atoms with Crippen molar-refractivity contribution in [1.29, 1.82) is 0 Å². The number of carbonyl (C=O) groups excluding carboxylic acids is 3. The number of rotatable bonds is 5. The summed E-state index contributed by atoms with van der Waals surface area (Å²) in [5.74, 6) is -0.290. The number of H-pyrrole nitrogens is 1. The van der Waals surface area contributed by atoms with E-state index in [1.165, 1.54) is 11.3 Å². The van der Waals surface area contributed by atoms with Gasteiger partial charge in [-0.3, -0.25) is 20.0 Å². The van der Waals surface area contributed by atoms with E-state index in [9.17, 15) is 14.4 Å². The quantitative estimate of drug-likeness (QED) is 0.352. The van der Waals surface area contributed by atoms with Crippen LogP contribution in [0.5, 0.6) is 0 Å². The smallest absolute Gasteiger partial charge is 0.407 e. The molecule has 41 heavy (non-hydrogen) atoms. The van der Waals surface area contributed by atoms with E-state index in [1.807, 2.05) is 34.6 Å². The Morgan fingerprint density at radius 3 is 2.66 bits per heavy atom. The number of fused-ring (bicyclic) bond motifs is 3. The van der Waals surface area contributed by atoms with Crippen LogP contribution >= 0.6 is 11.3 Å². The van der Waals surface area contributed by atoms with Crippen molar-refractivity contribution in [1.82, 2.24) is 35.4 Å². The highest BCUT2D eigenvalue weighted by molar-refractivity contribution is 7.14. The zero-order chi connectivity index (χ0) is 29.5. The fourth-order valence-electron chi connectivity index (χ4n) is 5.28. The Morgan fingerprint density at radius 1 is 1.22 bits per heavy atom. The van der Waals surface area contributed by atoms with E-state index in [-0.39, 0.29) is 30.0 Å². The minimum Gasteiger partial charge on any atom is -0.444 e. The van der Waals surface area contributed by atoms with Crippen molar-refractivity contribution in [3.8, 4) is 11.4 Å². The predicted molar refractivity (Wildman–Crippen MR) is 153 cm³/mol. The van der Waals surface area contributed by atoms with Gasteiger partial charge in [0, 0.05) is 36.3 Å². The van der Waals surface area contributed by atoms with E-state index in [0.29, 0.717) is 54.6 Å². The highest BCUT2D eigenvalue weighted by Crippen LogP contribution is 2.42. The van der Waals surface area contributed by atoms with Crippen molar-refractivity contribution in [3.05, 3.63) is 34.1 Å². The number of aromatic nitrogens is 5. The van der Waals surface area contributed by atoms with Gasteiger partial charge in [-0.15, -0.1) is 11.3 Å². The number of likely N-dealkylation sites (tertiary alicyclic amines) is 1. The van der Waals surface area contributed by atoms with E-state index < -0.39 is 23.0 Å². The van der Waals surface area contributed by atoms with Gasteiger partial charge in [0.25, 0.3) is 5.91 Å². The van der Waals surface area contributed by atoms with Crippen molar-refractivity contribution >= 4 is 40.3 Å². The van der Waals surface area contributed by atoms with Gasteiger partial charge in [0.1, 0.15) is 5.60 Å². The number of alkyl carbamates (subject to hydrolysis) is 1. The third-order valence-corrected chi connectivity index (χ3v) is 7.89. The molecule has 13 nitrogen and oxygen atoms in total. The molecule has 0 unspecified atom stereocenters. The molecule has 218 valence electrons. The summed E-state index contributed by atoms with van der Waals surface area (Å²) in [6, 6.07) is -0.0361. The Kier molecular flexibility index (Phi) is 7.45. The van der Waals surface area contributed by atoms with Gasteiger partial charge in [-0.25, -0.2) is 19.7 Å². The number of hydrogen-bond donors (Lipinski definition) is 4. The molecule has 14 heteroatoms.